The number of nitrogens with zero attached hydrogens (tertiary/aromatic N) is 2. The smallest absolute Gasteiger partial charge is 0.204 e. The van der Waals surface area contributed by atoms with Crippen LogP contribution in [0.25, 0.3) is 16.6 Å². The second-order valence-corrected chi connectivity index (χ2v) is 5.67. The van der Waals surface area contributed by atoms with E-state index in [9.17, 15) is 0 Å². The van der Waals surface area contributed by atoms with Crippen molar-refractivity contribution in [3.8, 4) is 22.9 Å². The van der Waals surface area contributed by atoms with Gasteiger partial charge in [0, 0.05) is 43.1 Å². The number of fused-ring (bicyclic) bond motifs is 1. The van der Waals surface area contributed by atoms with Gasteiger partial charge in [-0.1, -0.05) is 0 Å². The SMILES string of the molecule is COc1cc2c(ccn2-c2ccc(N(C)C)cc2)c(OC)c1OC. The highest BCUT2D eigenvalue weighted by Crippen LogP contribution is 2.44. The highest BCUT2D eigenvalue weighted by Gasteiger charge is 2.18. The van der Waals surface area contributed by atoms with E-state index < -0.39 is 0 Å². The number of ether oxygens (including phenoxy) is 3. The highest BCUT2D eigenvalue weighted by atomic mass is 16.5. The topological polar surface area (TPSA) is 35.9 Å². The maximum absolute atomic E-state index is 5.57. The molecule has 0 aliphatic heterocycles. The minimum absolute atomic E-state index is 0.605. The van der Waals surface area contributed by atoms with Gasteiger partial charge in [-0.3, -0.25) is 0 Å². The van der Waals surface area contributed by atoms with E-state index in [0.29, 0.717) is 17.2 Å². The Morgan fingerprint density at radius 2 is 1.50 bits per heavy atom. The molecule has 0 atom stereocenters. The van der Waals surface area contributed by atoms with Crippen molar-refractivity contribution in [1.82, 2.24) is 4.57 Å². The zero-order chi connectivity index (χ0) is 17.3. The number of methoxy groups -OCH3 is 3. The maximum atomic E-state index is 5.57. The number of hydrogen-bond donors (Lipinski definition) is 0. The lowest BCUT2D eigenvalue weighted by molar-refractivity contribution is 0.327. The minimum Gasteiger partial charge on any atom is -0.493 e. The van der Waals surface area contributed by atoms with Crippen molar-refractivity contribution in [2.24, 2.45) is 0 Å². The predicted octanol–water partition coefficient (Wildman–Crippen LogP) is 3.72. The van der Waals surface area contributed by atoms with Crippen LogP contribution in [0.1, 0.15) is 0 Å². The molecule has 0 aliphatic carbocycles. The molecule has 0 fully saturated rings. The van der Waals surface area contributed by atoms with Gasteiger partial charge in [0.2, 0.25) is 5.75 Å². The Morgan fingerprint density at radius 3 is 2.04 bits per heavy atom. The van der Waals surface area contributed by atoms with Gasteiger partial charge in [0.15, 0.2) is 11.5 Å². The van der Waals surface area contributed by atoms with E-state index in [1.807, 2.05) is 32.4 Å². The predicted molar refractivity (Wildman–Crippen MR) is 97.3 cm³/mol. The Balaban J connectivity index is 2.19. The first-order valence-electron chi connectivity index (χ1n) is 7.68. The van der Waals surface area contributed by atoms with E-state index in [1.54, 1.807) is 21.3 Å². The Labute approximate surface area is 142 Å². The molecule has 24 heavy (non-hydrogen) atoms. The molecule has 0 saturated carbocycles. The summed E-state index contributed by atoms with van der Waals surface area (Å²) in [4.78, 5) is 2.08. The molecule has 0 unspecified atom stereocenters. The highest BCUT2D eigenvalue weighted by molar-refractivity contribution is 5.92. The van der Waals surface area contributed by atoms with E-state index in [-0.39, 0.29) is 0 Å². The summed E-state index contributed by atoms with van der Waals surface area (Å²) in [6.07, 6.45) is 2.02. The molecule has 3 aromatic rings. The van der Waals surface area contributed by atoms with Crippen LogP contribution in [0.5, 0.6) is 17.2 Å². The van der Waals surface area contributed by atoms with Crippen LogP contribution < -0.4 is 19.1 Å². The van der Waals surface area contributed by atoms with E-state index in [1.165, 1.54) is 0 Å². The summed E-state index contributed by atoms with van der Waals surface area (Å²) in [6.45, 7) is 0. The van der Waals surface area contributed by atoms with Crippen LogP contribution >= 0.6 is 0 Å². The van der Waals surface area contributed by atoms with Gasteiger partial charge in [-0.05, 0) is 30.3 Å². The Kier molecular flexibility index (Phi) is 4.25. The molecule has 5 nitrogen and oxygen atoms in total. The normalized spacial score (nSPS) is 10.7. The van der Waals surface area contributed by atoms with E-state index in [4.69, 9.17) is 14.2 Å². The van der Waals surface area contributed by atoms with Gasteiger partial charge in [-0.25, -0.2) is 0 Å². The first-order valence-corrected chi connectivity index (χ1v) is 7.68. The van der Waals surface area contributed by atoms with E-state index >= 15 is 0 Å². The van der Waals surface area contributed by atoms with Crippen molar-refractivity contribution in [1.29, 1.82) is 0 Å². The summed E-state index contributed by atoms with van der Waals surface area (Å²) in [7, 11) is 8.94. The van der Waals surface area contributed by atoms with Crippen LogP contribution in [0.3, 0.4) is 0 Å². The van der Waals surface area contributed by atoms with Crippen molar-refractivity contribution in [3.05, 3.63) is 42.6 Å². The molecule has 0 spiro atoms. The summed E-state index contributed by atoms with van der Waals surface area (Å²) >= 11 is 0. The largest absolute Gasteiger partial charge is 0.493 e. The summed E-state index contributed by atoms with van der Waals surface area (Å²) in [5.41, 5.74) is 3.24. The van der Waals surface area contributed by atoms with Gasteiger partial charge < -0.3 is 23.7 Å². The van der Waals surface area contributed by atoms with Crippen molar-refractivity contribution >= 4 is 16.6 Å². The monoisotopic (exact) mass is 326 g/mol. The summed E-state index contributed by atoms with van der Waals surface area (Å²) in [5, 5.41) is 0.979. The summed E-state index contributed by atoms with van der Waals surface area (Å²) < 4.78 is 18.6. The van der Waals surface area contributed by atoms with Crippen LogP contribution in [0, 0.1) is 0 Å². The molecule has 0 radical (unpaired) electrons. The third kappa shape index (κ3) is 2.52. The first kappa shape index (κ1) is 16.1. The molecule has 0 bridgehead atoms. The fraction of sp³-hybridized carbons (Fsp3) is 0.263. The number of aromatic nitrogens is 1. The standard InChI is InChI=1S/C19H22N2O3/c1-20(2)13-6-8-14(9-7-13)21-11-10-15-16(21)12-17(22-3)19(24-5)18(15)23-4/h6-12H,1-5H3. The van der Waals surface area contributed by atoms with Crippen LogP contribution in [-0.2, 0) is 0 Å². The molecule has 5 heteroatoms. The second kappa shape index (κ2) is 6.35. The van der Waals surface area contributed by atoms with Gasteiger partial charge in [0.05, 0.1) is 26.8 Å². The lowest BCUT2D eigenvalue weighted by Crippen LogP contribution is -2.08. The minimum atomic E-state index is 0.605. The molecule has 1 aromatic heterocycles. The van der Waals surface area contributed by atoms with Crippen molar-refractivity contribution in [3.63, 3.8) is 0 Å². The molecular weight excluding hydrogens is 304 g/mol. The molecule has 0 saturated heterocycles. The Hall–Kier alpha value is -2.82. The summed E-state index contributed by atoms with van der Waals surface area (Å²) in [5.74, 6) is 1.93. The van der Waals surface area contributed by atoms with E-state index in [2.05, 4.69) is 33.7 Å². The number of hydrogen-bond acceptors (Lipinski definition) is 4. The Bertz CT molecular complexity index is 851. The first-order chi connectivity index (χ1) is 11.6. The van der Waals surface area contributed by atoms with Gasteiger partial charge in [-0.15, -0.1) is 0 Å². The summed E-state index contributed by atoms with van der Waals surface area (Å²) in [6, 6.07) is 12.4. The number of benzene rings is 2. The molecule has 0 amide bonds. The van der Waals surface area contributed by atoms with Crippen LogP contribution in [0.2, 0.25) is 0 Å². The van der Waals surface area contributed by atoms with Gasteiger partial charge in [0.25, 0.3) is 0 Å². The molecule has 0 N–H and O–H groups in total. The van der Waals surface area contributed by atoms with Crippen LogP contribution in [-0.4, -0.2) is 40.0 Å². The molecule has 1 heterocycles. The zero-order valence-corrected chi connectivity index (χ0v) is 14.7. The van der Waals surface area contributed by atoms with Crippen LogP contribution in [0.4, 0.5) is 5.69 Å². The average molecular weight is 326 g/mol. The van der Waals surface area contributed by atoms with Crippen molar-refractivity contribution in [2.45, 2.75) is 0 Å². The number of anilines is 1. The fourth-order valence-corrected chi connectivity index (χ4v) is 2.89. The molecular formula is C19H22N2O3. The second-order valence-electron chi connectivity index (χ2n) is 5.67. The number of rotatable bonds is 5. The maximum Gasteiger partial charge on any atom is 0.204 e. The van der Waals surface area contributed by atoms with Crippen LogP contribution in [0.15, 0.2) is 42.6 Å². The molecule has 2 aromatic carbocycles. The van der Waals surface area contributed by atoms with Crippen molar-refractivity contribution < 1.29 is 14.2 Å². The fourth-order valence-electron chi connectivity index (χ4n) is 2.89. The molecule has 3 rings (SSSR count). The third-order valence-corrected chi connectivity index (χ3v) is 4.14. The van der Waals surface area contributed by atoms with E-state index in [0.717, 1.165) is 22.3 Å². The lowest BCUT2D eigenvalue weighted by atomic mass is 10.2. The van der Waals surface area contributed by atoms with Gasteiger partial charge in [0.1, 0.15) is 0 Å². The quantitative estimate of drug-likeness (QED) is 0.716. The van der Waals surface area contributed by atoms with Gasteiger partial charge in [-0.2, -0.15) is 0 Å². The average Bonchev–Trinajstić information content (AvgIpc) is 3.03. The molecule has 126 valence electrons. The van der Waals surface area contributed by atoms with Crippen molar-refractivity contribution in [2.75, 3.05) is 40.3 Å². The Morgan fingerprint density at radius 1 is 0.833 bits per heavy atom. The molecule has 0 aliphatic rings. The third-order valence-electron chi connectivity index (χ3n) is 4.14. The lowest BCUT2D eigenvalue weighted by Gasteiger charge is -2.15. The van der Waals surface area contributed by atoms with Gasteiger partial charge >= 0.3 is 0 Å². The zero-order valence-electron chi connectivity index (χ0n) is 14.7.